The molecule has 0 radical (unpaired) electrons. The first-order valence-electron chi connectivity index (χ1n) is 17.2. The van der Waals surface area contributed by atoms with Crippen LogP contribution in [0.1, 0.15) is 0 Å². The van der Waals surface area contributed by atoms with Crippen LogP contribution in [-0.4, -0.2) is 19.1 Å². The third kappa shape index (κ3) is 4.19. The maximum absolute atomic E-state index is 5.45. The van der Waals surface area contributed by atoms with E-state index in [0.717, 1.165) is 39.2 Å². The topological polar surface area (TPSA) is 35.6 Å². The van der Waals surface area contributed by atoms with E-state index in [2.05, 4.69) is 179 Å². The van der Waals surface area contributed by atoms with Crippen molar-refractivity contribution >= 4 is 75.1 Å². The molecule has 51 heavy (non-hydrogen) atoms. The maximum atomic E-state index is 5.45. The van der Waals surface area contributed by atoms with E-state index in [1.165, 1.54) is 52.8 Å². The van der Waals surface area contributed by atoms with Gasteiger partial charge >= 0.3 is 0 Å². The number of aromatic nitrogens is 4. The number of hydrogen-bond donors (Lipinski definition) is 0. The molecule has 0 saturated carbocycles. The molecule has 4 nitrogen and oxygen atoms in total. The van der Waals surface area contributed by atoms with Gasteiger partial charge in [-0.05, 0) is 54.6 Å². The molecule has 0 N–H and O–H groups in total. The van der Waals surface area contributed by atoms with Gasteiger partial charge in [0.2, 0.25) is 5.95 Å². The molecule has 4 heterocycles. The number of rotatable bonds is 4. The minimum Gasteiger partial charge on any atom is -0.309 e. The molecule has 11 aromatic rings. The van der Waals surface area contributed by atoms with Gasteiger partial charge in [-0.3, -0.25) is 4.57 Å². The minimum atomic E-state index is 0.653. The van der Waals surface area contributed by atoms with Gasteiger partial charge < -0.3 is 4.57 Å². The Balaban J connectivity index is 1.26. The van der Waals surface area contributed by atoms with E-state index in [1.54, 1.807) is 0 Å². The Bertz CT molecular complexity index is 3130. The Morgan fingerprint density at radius 3 is 1.71 bits per heavy atom. The highest BCUT2D eigenvalue weighted by atomic mass is 32.1. The highest BCUT2D eigenvalue weighted by Crippen LogP contribution is 2.43. The molecule has 11 rings (SSSR count). The quantitative estimate of drug-likeness (QED) is 0.187. The Morgan fingerprint density at radius 2 is 0.961 bits per heavy atom. The van der Waals surface area contributed by atoms with E-state index in [-0.39, 0.29) is 0 Å². The fourth-order valence-corrected chi connectivity index (χ4v) is 9.14. The molecule has 0 aliphatic rings. The van der Waals surface area contributed by atoms with Crippen LogP contribution >= 0.6 is 11.3 Å². The molecule has 0 saturated heterocycles. The zero-order chi connectivity index (χ0) is 33.5. The lowest BCUT2D eigenvalue weighted by molar-refractivity contribution is 0.996. The molecule has 0 amide bonds. The van der Waals surface area contributed by atoms with Gasteiger partial charge in [0, 0.05) is 58.5 Å². The summed E-state index contributed by atoms with van der Waals surface area (Å²) in [5, 5.41) is 7.32. The van der Waals surface area contributed by atoms with Gasteiger partial charge in [0.25, 0.3) is 0 Å². The van der Waals surface area contributed by atoms with E-state index in [4.69, 9.17) is 9.97 Å². The Labute approximate surface area is 297 Å². The first-order chi connectivity index (χ1) is 25.3. The predicted octanol–water partition coefficient (Wildman–Crippen LogP) is 12.4. The molecule has 0 atom stereocenters. The van der Waals surface area contributed by atoms with Crippen LogP contribution < -0.4 is 0 Å². The van der Waals surface area contributed by atoms with Crippen LogP contribution in [0.3, 0.4) is 0 Å². The second-order valence-corrected chi connectivity index (χ2v) is 14.1. The van der Waals surface area contributed by atoms with Crippen LogP contribution in [0.25, 0.3) is 97.9 Å². The zero-order valence-corrected chi connectivity index (χ0v) is 28.2. The second kappa shape index (κ2) is 11.0. The van der Waals surface area contributed by atoms with Crippen LogP contribution in [0.15, 0.2) is 170 Å². The number of para-hydroxylation sites is 3. The predicted molar refractivity (Wildman–Crippen MR) is 214 cm³/mol. The molecule has 238 valence electrons. The van der Waals surface area contributed by atoms with Crippen molar-refractivity contribution in [2.24, 2.45) is 0 Å². The molecule has 0 bridgehead atoms. The minimum absolute atomic E-state index is 0.653. The summed E-state index contributed by atoms with van der Waals surface area (Å²) in [5.41, 5.74) is 9.61. The summed E-state index contributed by atoms with van der Waals surface area (Å²) in [7, 11) is 0. The van der Waals surface area contributed by atoms with Crippen molar-refractivity contribution in [1.29, 1.82) is 0 Å². The molecule has 5 heteroatoms. The van der Waals surface area contributed by atoms with Gasteiger partial charge in [-0.1, -0.05) is 115 Å². The second-order valence-electron chi connectivity index (χ2n) is 13.0. The van der Waals surface area contributed by atoms with E-state index >= 15 is 0 Å². The molecule has 4 aromatic heterocycles. The monoisotopic (exact) mass is 668 g/mol. The highest BCUT2D eigenvalue weighted by molar-refractivity contribution is 7.25. The fourth-order valence-electron chi connectivity index (χ4n) is 8.01. The smallest absolute Gasteiger partial charge is 0.235 e. The third-order valence-electron chi connectivity index (χ3n) is 10.1. The van der Waals surface area contributed by atoms with Crippen molar-refractivity contribution < 1.29 is 0 Å². The Kier molecular flexibility index (Phi) is 6.09. The molecule has 0 fully saturated rings. The fraction of sp³-hybridized carbons (Fsp3) is 0. The lowest BCUT2D eigenvalue weighted by atomic mass is 10.0. The van der Waals surface area contributed by atoms with Gasteiger partial charge in [0.05, 0.1) is 33.5 Å². The molecule has 0 aliphatic heterocycles. The molecule has 0 aliphatic carbocycles. The summed E-state index contributed by atoms with van der Waals surface area (Å²) in [6, 6.07) is 60.4. The number of thiophene rings is 1. The summed E-state index contributed by atoms with van der Waals surface area (Å²) in [5.74, 6) is 0.653. The van der Waals surface area contributed by atoms with E-state index in [0.29, 0.717) is 5.95 Å². The van der Waals surface area contributed by atoms with Crippen LogP contribution in [0.2, 0.25) is 0 Å². The van der Waals surface area contributed by atoms with Crippen molar-refractivity contribution in [3.63, 3.8) is 0 Å². The number of benzene rings is 7. The summed E-state index contributed by atoms with van der Waals surface area (Å²) in [4.78, 5) is 10.8. The number of nitrogens with zero attached hydrogens (tertiary/aromatic N) is 4. The van der Waals surface area contributed by atoms with E-state index in [1.807, 2.05) is 11.3 Å². The Hall–Kier alpha value is -6.56. The normalized spacial score (nSPS) is 11.9. The molecule has 0 unspecified atom stereocenters. The molecular formula is C46H28N4S. The van der Waals surface area contributed by atoms with Crippen molar-refractivity contribution in [2.75, 3.05) is 0 Å². The van der Waals surface area contributed by atoms with Gasteiger partial charge in [-0.25, -0.2) is 9.97 Å². The van der Waals surface area contributed by atoms with Gasteiger partial charge in [0.15, 0.2) is 0 Å². The van der Waals surface area contributed by atoms with Crippen LogP contribution in [0.4, 0.5) is 0 Å². The maximum Gasteiger partial charge on any atom is 0.235 e. The number of hydrogen-bond acceptors (Lipinski definition) is 3. The Morgan fingerprint density at radius 1 is 0.392 bits per heavy atom. The van der Waals surface area contributed by atoms with Gasteiger partial charge in [-0.2, -0.15) is 0 Å². The van der Waals surface area contributed by atoms with Crippen molar-refractivity contribution in [3.05, 3.63) is 170 Å². The summed E-state index contributed by atoms with van der Waals surface area (Å²) in [6.45, 7) is 0. The van der Waals surface area contributed by atoms with Crippen LogP contribution in [0.5, 0.6) is 0 Å². The van der Waals surface area contributed by atoms with Crippen LogP contribution in [-0.2, 0) is 0 Å². The zero-order valence-electron chi connectivity index (χ0n) is 27.4. The number of fused-ring (bicyclic) bond motifs is 10. The van der Waals surface area contributed by atoms with Crippen molar-refractivity contribution in [1.82, 2.24) is 19.1 Å². The first kappa shape index (κ1) is 28.3. The third-order valence-corrected chi connectivity index (χ3v) is 11.3. The average Bonchev–Trinajstić information content (AvgIpc) is 3.86. The van der Waals surface area contributed by atoms with Gasteiger partial charge in [0.1, 0.15) is 0 Å². The highest BCUT2D eigenvalue weighted by Gasteiger charge is 2.22. The van der Waals surface area contributed by atoms with Crippen molar-refractivity contribution in [3.8, 4) is 34.2 Å². The largest absolute Gasteiger partial charge is 0.309 e. The van der Waals surface area contributed by atoms with Gasteiger partial charge in [-0.15, -0.1) is 11.3 Å². The van der Waals surface area contributed by atoms with Crippen LogP contribution in [0, 0.1) is 0 Å². The summed E-state index contributed by atoms with van der Waals surface area (Å²) >= 11 is 1.83. The lowest BCUT2D eigenvalue weighted by Crippen LogP contribution is -2.04. The lowest BCUT2D eigenvalue weighted by Gasteiger charge is -2.13. The van der Waals surface area contributed by atoms with E-state index in [9.17, 15) is 0 Å². The summed E-state index contributed by atoms with van der Waals surface area (Å²) in [6.07, 6.45) is 0. The molecular weight excluding hydrogens is 641 g/mol. The first-order valence-corrected chi connectivity index (χ1v) is 18.0. The van der Waals surface area contributed by atoms with E-state index < -0.39 is 0 Å². The standard InChI is InChI=1S/C46H28N4S/c1-3-14-29(15-4-1)35-28-36(31-21-13-25-42-43(31)34-20-9-12-24-41(34)51-42)48-46(47-35)50-38-23-11-8-19-33(38)45-40(50)27-26-39-44(45)32-18-7-10-22-37(32)49(39)30-16-5-2-6-17-30/h1-28H. The molecule has 7 aromatic carbocycles. The summed E-state index contributed by atoms with van der Waals surface area (Å²) < 4.78 is 7.18. The SMILES string of the molecule is c1ccc(-c2cc(-c3cccc4sc5ccccc5c34)nc(-n3c4ccccc4c4c5c6ccccc6n(-c6ccccc6)c5ccc43)n2)cc1. The average molecular weight is 669 g/mol. The van der Waals surface area contributed by atoms with Crippen molar-refractivity contribution in [2.45, 2.75) is 0 Å². The molecule has 0 spiro atoms.